The van der Waals surface area contributed by atoms with Crippen LogP contribution in [0.25, 0.3) is 0 Å². The molecule has 1 N–H and O–H groups in total. The van der Waals surface area contributed by atoms with E-state index in [4.69, 9.17) is 0 Å². The summed E-state index contributed by atoms with van der Waals surface area (Å²) in [5.41, 5.74) is -0.341. The van der Waals surface area contributed by atoms with Crippen molar-refractivity contribution in [3.8, 4) is 0 Å². The smallest absolute Gasteiger partial charge is 0.325 e. The van der Waals surface area contributed by atoms with Crippen LogP contribution in [0.3, 0.4) is 0 Å². The maximum atomic E-state index is 12.5. The minimum absolute atomic E-state index is 0.204. The fraction of sp³-hybridized carbons (Fsp3) is 0.533. The SMILES string of the molecule is CCN1CCN(CC(=O)Nc2ccc(C(F)(F)F)cc2)CC1. The van der Waals surface area contributed by atoms with Crippen LogP contribution in [-0.4, -0.2) is 55.0 Å². The van der Waals surface area contributed by atoms with E-state index in [2.05, 4.69) is 17.1 Å². The van der Waals surface area contributed by atoms with Crippen molar-refractivity contribution in [2.24, 2.45) is 0 Å². The van der Waals surface area contributed by atoms with E-state index in [0.29, 0.717) is 5.69 Å². The van der Waals surface area contributed by atoms with Crippen molar-refractivity contribution in [1.82, 2.24) is 9.80 Å². The maximum Gasteiger partial charge on any atom is 0.416 e. The zero-order chi connectivity index (χ0) is 16.2. The number of anilines is 1. The first kappa shape index (κ1) is 16.8. The second-order valence-electron chi connectivity index (χ2n) is 5.33. The van der Waals surface area contributed by atoms with Crippen LogP contribution in [0, 0.1) is 0 Å². The standard InChI is InChI=1S/C15H20F3N3O/c1-2-20-7-9-21(10-8-20)11-14(22)19-13-5-3-12(4-6-13)15(16,17)18/h3-6H,2,7-11H2,1H3,(H,19,22). The number of carbonyl (C=O) groups is 1. The van der Waals surface area contributed by atoms with E-state index in [1.165, 1.54) is 12.1 Å². The Morgan fingerprint density at radius 2 is 1.64 bits per heavy atom. The lowest BCUT2D eigenvalue weighted by Gasteiger charge is -2.33. The topological polar surface area (TPSA) is 35.6 Å². The number of rotatable bonds is 4. The number of alkyl halides is 3. The Morgan fingerprint density at radius 1 is 1.09 bits per heavy atom. The summed E-state index contributed by atoms with van der Waals surface area (Å²) >= 11 is 0. The predicted molar refractivity (Wildman–Crippen MR) is 78.6 cm³/mol. The third-order valence-electron chi connectivity index (χ3n) is 3.78. The molecular weight excluding hydrogens is 295 g/mol. The molecule has 0 saturated carbocycles. The number of amides is 1. The number of halogens is 3. The monoisotopic (exact) mass is 315 g/mol. The van der Waals surface area contributed by atoms with Crippen LogP contribution in [0.1, 0.15) is 12.5 Å². The molecule has 22 heavy (non-hydrogen) atoms. The summed E-state index contributed by atoms with van der Waals surface area (Å²) in [6.07, 6.45) is -4.36. The van der Waals surface area contributed by atoms with Gasteiger partial charge in [-0.25, -0.2) is 0 Å². The highest BCUT2D eigenvalue weighted by Gasteiger charge is 2.30. The Labute approximate surface area is 127 Å². The van der Waals surface area contributed by atoms with Gasteiger partial charge < -0.3 is 10.2 Å². The Bertz CT molecular complexity index is 494. The van der Waals surface area contributed by atoms with Crippen LogP contribution in [0.2, 0.25) is 0 Å². The maximum absolute atomic E-state index is 12.5. The third kappa shape index (κ3) is 4.71. The molecule has 1 saturated heterocycles. The molecule has 1 aliphatic rings. The van der Waals surface area contributed by atoms with Gasteiger partial charge in [-0.15, -0.1) is 0 Å². The quantitative estimate of drug-likeness (QED) is 0.926. The highest BCUT2D eigenvalue weighted by Crippen LogP contribution is 2.29. The number of nitrogens with one attached hydrogen (secondary N) is 1. The minimum atomic E-state index is -4.36. The first-order chi connectivity index (χ1) is 10.4. The molecule has 1 aromatic rings. The number of benzene rings is 1. The average Bonchev–Trinajstić information content (AvgIpc) is 2.47. The van der Waals surface area contributed by atoms with Crippen LogP contribution in [-0.2, 0) is 11.0 Å². The van der Waals surface area contributed by atoms with Crippen LogP contribution in [0.15, 0.2) is 24.3 Å². The van der Waals surface area contributed by atoms with Gasteiger partial charge in [0.05, 0.1) is 12.1 Å². The molecule has 4 nitrogen and oxygen atoms in total. The molecule has 122 valence electrons. The van der Waals surface area contributed by atoms with Gasteiger partial charge in [-0.05, 0) is 30.8 Å². The molecule has 0 bridgehead atoms. The van der Waals surface area contributed by atoms with Gasteiger partial charge in [0.1, 0.15) is 0 Å². The van der Waals surface area contributed by atoms with Crippen molar-refractivity contribution in [2.75, 3.05) is 44.6 Å². The van der Waals surface area contributed by atoms with Gasteiger partial charge in [-0.1, -0.05) is 6.92 Å². The summed E-state index contributed by atoms with van der Waals surface area (Å²) in [5.74, 6) is -0.204. The van der Waals surface area contributed by atoms with Gasteiger partial charge in [-0.2, -0.15) is 13.2 Å². The zero-order valence-electron chi connectivity index (χ0n) is 12.5. The molecule has 0 unspecified atom stereocenters. The van der Waals surface area contributed by atoms with Crippen molar-refractivity contribution in [1.29, 1.82) is 0 Å². The summed E-state index contributed by atoms with van der Waals surface area (Å²) in [4.78, 5) is 16.3. The zero-order valence-corrected chi connectivity index (χ0v) is 12.5. The van der Waals surface area contributed by atoms with Gasteiger partial charge in [0.25, 0.3) is 0 Å². The van der Waals surface area contributed by atoms with Crippen LogP contribution < -0.4 is 5.32 Å². The molecule has 0 spiro atoms. The van der Waals surface area contributed by atoms with E-state index in [1.54, 1.807) is 0 Å². The largest absolute Gasteiger partial charge is 0.416 e. The number of carbonyl (C=O) groups excluding carboxylic acids is 1. The molecule has 1 amide bonds. The molecule has 1 heterocycles. The Hall–Kier alpha value is -1.60. The molecule has 0 atom stereocenters. The van der Waals surface area contributed by atoms with E-state index in [1.807, 2.05) is 4.90 Å². The lowest BCUT2D eigenvalue weighted by Crippen LogP contribution is -2.48. The second kappa shape index (κ2) is 7.11. The number of nitrogens with zero attached hydrogens (tertiary/aromatic N) is 2. The average molecular weight is 315 g/mol. The van der Waals surface area contributed by atoms with Gasteiger partial charge in [0.2, 0.25) is 5.91 Å². The van der Waals surface area contributed by atoms with Gasteiger partial charge in [0, 0.05) is 31.9 Å². The second-order valence-corrected chi connectivity index (χ2v) is 5.33. The molecule has 7 heteroatoms. The molecule has 1 fully saturated rings. The highest BCUT2D eigenvalue weighted by atomic mass is 19.4. The number of hydrogen-bond donors (Lipinski definition) is 1. The van der Waals surface area contributed by atoms with Crippen LogP contribution >= 0.6 is 0 Å². The predicted octanol–water partition coefficient (Wildman–Crippen LogP) is 2.28. The summed E-state index contributed by atoms with van der Waals surface area (Å²) < 4.78 is 37.4. The van der Waals surface area contributed by atoms with E-state index >= 15 is 0 Å². The number of hydrogen-bond acceptors (Lipinski definition) is 3. The minimum Gasteiger partial charge on any atom is -0.325 e. The van der Waals surface area contributed by atoms with E-state index in [0.717, 1.165) is 44.9 Å². The van der Waals surface area contributed by atoms with E-state index in [9.17, 15) is 18.0 Å². The summed E-state index contributed by atoms with van der Waals surface area (Å²) in [7, 11) is 0. The molecule has 0 aromatic heterocycles. The Balaban J connectivity index is 1.82. The Kier molecular flexibility index (Phi) is 5.42. The first-order valence-electron chi connectivity index (χ1n) is 7.30. The fourth-order valence-corrected chi connectivity index (χ4v) is 2.41. The molecule has 0 aliphatic carbocycles. The molecular formula is C15H20F3N3O. The first-order valence-corrected chi connectivity index (χ1v) is 7.30. The van der Waals surface area contributed by atoms with Gasteiger partial charge in [0.15, 0.2) is 0 Å². The van der Waals surface area contributed by atoms with Crippen LogP contribution in [0.4, 0.5) is 18.9 Å². The van der Waals surface area contributed by atoms with Crippen molar-refractivity contribution in [3.63, 3.8) is 0 Å². The van der Waals surface area contributed by atoms with E-state index in [-0.39, 0.29) is 12.5 Å². The van der Waals surface area contributed by atoms with Crippen molar-refractivity contribution in [2.45, 2.75) is 13.1 Å². The lowest BCUT2D eigenvalue weighted by atomic mass is 10.2. The molecule has 0 radical (unpaired) electrons. The molecule has 1 aliphatic heterocycles. The van der Waals surface area contributed by atoms with Crippen LogP contribution in [0.5, 0.6) is 0 Å². The number of likely N-dealkylation sites (N-methyl/N-ethyl adjacent to an activating group) is 1. The summed E-state index contributed by atoms with van der Waals surface area (Å²) in [6.45, 7) is 6.90. The summed E-state index contributed by atoms with van der Waals surface area (Å²) in [5, 5.41) is 2.63. The number of piperazine rings is 1. The molecule has 1 aromatic carbocycles. The Morgan fingerprint density at radius 3 is 2.14 bits per heavy atom. The lowest BCUT2D eigenvalue weighted by molar-refractivity contribution is -0.137. The van der Waals surface area contributed by atoms with Gasteiger partial charge in [-0.3, -0.25) is 9.69 Å². The van der Waals surface area contributed by atoms with Gasteiger partial charge >= 0.3 is 6.18 Å². The third-order valence-corrected chi connectivity index (χ3v) is 3.78. The normalized spacial score (nSPS) is 17.5. The molecule has 2 rings (SSSR count). The fourth-order valence-electron chi connectivity index (χ4n) is 2.41. The van der Waals surface area contributed by atoms with Crippen molar-refractivity contribution >= 4 is 11.6 Å². The summed E-state index contributed by atoms with van der Waals surface area (Å²) in [6, 6.07) is 4.48. The van der Waals surface area contributed by atoms with Crippen molar-refractivity contribution < 1.29 is 18.0 Å². The van der Waals surface area contributed by atoms with Crippen molar-refractivity contribution in [3.05, 3.63) is 29.8 Å². The highest BCUT2D eigenvalue weighted by molar-refractivity contribution is 5.92. The van der Waals surface area contributed by atoms with E-state index < -0.39 is 11.7 Å².